The van der Waals surface area contributed by atoms with E-state index in [1.807, 2.05) is 188 Å². The third-order valence-electron chi connectivity index (χ3n) is 14.1. The zero-order valence-corrected chi connectivity index (χ0v) is 46.4. The van der Waals surface area contributed by atoms with Gasteiger partial charge in [-0.15, -0.1) is 0 Å². The van der Waals surface area contributed by atoms with Gasteiger partial charge in [0.05, 0.1) is 17.2 Å². The van der Waals surface area contributed by atoms with Crippen molar-refractivity contribution < 1.29 is 29.0 Å². The standard InChI is InChI=1S/C60H85N5O6/c1-20-52(66)46-30-24-28-44(53(46)58(69)64(38(10)11)39(12)13)48-32-51(57(68)63(36(6)7)37(8)9)49(33-50(48)56(67)62(34(2)3)35(4)5)45-29-25-31-47(54(45)59(70)65(40(14)15)41(16)17)60-61(19)42(18)55(71-60)43-26-22-21-23-27-43/h21-42,52,55,60,66H,20H2,1-19H3/t42-,52+,55-,60-/m1/s1. The Morgan fingerprint density at radius 1 is 0.521 bits per heavy atom. The van der Waals surface area contributed by atoms with E-state index in [9.17, 15) is 5.11 Å². The van der Waals surface area contributed by atoms with E-state index >= 15 is 19.2 Å². The molecule has 1 saturated heterocycles. The summed E-state index contributed by atoms with van der Waals surface area (Å²) >= 11 is 0. The number of hydrogen-bond donors (Lipinski definition) is 1. The lowest BCUT2D eigenvalue weighted by Crippen LogP contribution is -2.44. The summed E-state index contributed by atoms with van der Waals surface area (Å²) in [7, 11) is 2.01. The van der Waals surface area contributed by atoms with Crippen molar-refractivity contribution in [1.29, 1.82) is 0 Å². The molecule has 0 saturated carbocycles. The van der Waals surface area contributed by atoms with E-state index < -0.39 is 12.3 Å². The van der Waals surface area contributed by atoms with Gasteiger partial charge < -0.3 is 29.4 Å². The van der Waals surface area contributed by atoms with Crippen LogP contribution in [-0.2, 0) is 4.74 Å². The van der Waals surface area contributed by atoms with Gasteiger partial charge in [0.1, 0.15) is 12.3 Å². The smallest absolute Gasteiger partial charge is 0.255 e. The first-order chi connectivity index (χ1) is 33.3. The molecule has 386 valence electrons. The van der Waals surface area contributed by atoms with Gasteiger partial charge in [0, 0.05) is 71.1 Å². The molecule has 0 unspecified atom stereocenters. The molecular formula is C60H85N5O6. The average Bonchev–Trinajstić information content (AvgIpc) is 3.59. The van der Waals surface area contributed by atoms with Crippen molar-refractivity contribution in [3.63, 3.8) is 0 Å². The number of hydrogen-bond acceptors (Lipinski definition) is 7. The quantitative estimate of drug-likeness (QED) is 0.106. The molecule has 4 aromatic carbocycles. The average molecular weight is 972 g/mol. The minimum atomic E-state index is -0.990. The molecule has 1 heterocycles. The van der Waals surface area contributed by atoms with Crippen LogP contribution in [0.1, 0.15) is 208 Å². The number of aliphatic hydroxyl groups excluding tert-OH is 1. The molecule has 1 aliphatic rings. The van der Waals surface area contributed by atoms with Gasteiger partial charge in [0.2, 0.25) is 0 Å². The molecule has 4 aromatic rings. The van der Waals surface area contributed by atoms with Crippen LogP contribution in [0.2, 0.25) is 0 Å². The zero-order valence-electron chi connectivity index (χ0n) is 46.4. The second-order valence-corrected chi connectivity index (χ2v) is 21.7. The highest BCUT2D eigenvalue weighted by atomic mass is 16.5. The third kappa shape index (κ3) is 11.5. The van der Waals surface area contributed by atoms with Crippen LogP contribution in [-0.4, -0.2) is 115 Å². The van der Waals surface area contributed by atoms with Gasteiger partial charge in [-0.25, -0.2) is 0 Å². The summed E-state index contributed by atoms with van der Waals surface area (Å²) in [4.78, 5) is 72.1. The number of amides is 4. The predicted octanol–water partition coefficient (Wildman–Crippen LogP) is 12.6. The molecule has 1 aliphatic heterocycles. The summed E-state index contributed by atoms with van der Waals surface area (Å²) in [6.45, 7) is 35.7. The molecule has 0 bridgehead atoms. The molecule has 4 atom stereocenters. The van der Waals surface area contributed by atoms with Gasteiger partial charge >= 0.3 is 0 Å². The Kier molecular flexibility index (Phi) is 18.7. The van der Waals surface area contributed by atoms with E-state index in [0.29, 0.717) is 45.4 Å². The molecule has 0 spiro atoms. The first-order valence-electron chi connectivity index (χ1n) is 26.2. The topological polar surface area (TPSA) is 114 Å². The first kappa shape index (κ1) is 56.6. The molecule has 0 radical (unpaired) electrons. The molecule has 71 heavy (non-hydrogen) atoms. The van der Waals surface area contributed by atoms with E-state index in [4.69, 9.17) is 4.74 Å². The molecule has 11 nitrogen and oxygen atoms in total. The fourth-order valence-electron chi connectivity index (χ4n) is 11.0. The number of nitrogens with zero attached hydrogens (tertiary/aromatic N) is 5. The molecule has 4 amide bonds. The molecule has 0 aromatic heterocycles. The number of benzene rings is 4. The lowest BCUT2D eigenvalue weighted by atomic mass is 9.83. The fraction of sp³-hybridized carbons (Fsp3) is 0.533. The van der Waals surface area contributed by atoms with Crippen LogP contribution in [0.15, 0.2) is 78.9 Å². The summed E-state index contributed by atoms with van der Waals surface area (Å²) in [5, 5.41) is 11.7. The van der Waals surface area contributed by atoms with Gasteiger partial charge in [0.25, 0.3) is 23.6 Å². The van der Waals surface area contributed by atoms with Gasteiger partial charge in [-0.05, 0) is 177 Å². The number of rotatable bonds is 18. The molecule has 1 N–H and O–H groups in total. The lowest BCUT2D eigenvalue weighted by Gasteiger charge is -2.35. The van der Waals surface area contributed by atoms with Gasteiger partial charge in [-0.1, -0.05) is 73.7 Å². The van der Waals surface area contributed by atoms with Crippen molar-refractivity contribution in [2.24, 2.45) is 0 Å². The van der Waals surface area contributed by atoms with E-state index in [0.717, 1.165) is 5.56 Å². The van der Waals surface area contributed by atoms with Crippen molar-refractivity contribution in [2.75, 3.05) is 7.05 Å². The highest BCUT2D eigenvalue weighted by molar-refractivity contribution is 6.13. The van der Waals surface area contributed by atoms with Crippen LogP contribution >= 0.6 is 0 Å². The number of likely N-dealkylation sites (N-methyl/N-ethyl adjacent to an activating group) is 1. The van der Waals surface area contributed by atoms with E-state index in [1.165, 1.54) is 0 Å². The van der Waals surface area contributed by atoms with Crippen LogP contribution in [0.25, 0.3) is 22.3 Å². The number of carbonyl (C=O) groups is 4. The van der Waals surface area contributed by atoms with E-state index in [1.54, 1.807) is 23.1 Å². The summed E-state index contributed by atoms with van der Waals surface area (Å²) in [5.74, 6) is -1.10. The third-order valence-corrected chi connectivity index (χ3v) is 14.1. The zero-order chi connectivity index (χ0) is 53.1. The normalized spacial score (nSPS) is 16.9. The van der Waals surface area contributed by atoms with Gasteiger partial charge in [-0.2, -0.15) is 0 Å². The Hall–Kier alpha value is -5.36. The van der Waals surface area contributed by atoms with Crippen LogP contribution in [0, 0.1) is 0 Å². The van der Waals surface area contributed by atoms with Crippen molar-refractivity contribution in [3.8, 4) is 22.3 Å². The first-order valence-corrected chi connectivity index (χ1v) is 26.2. The minimum absolute atomic E-state index is 0.0640. The highest BCUT2D eigenvalue weighted by Crippen LogP contribution is 2.46. The van der Waals surface area contributed by atoms with Crippen LogP contribution in [0.4, 0.5) is 0 Å². The number of ether oxygens (including phenoxy) is 1. The summed E-state index contributed by atoms with van der Waals surface area (Å²) in [6.07, 6.45) is -1.60. The fourth-order valence-corrected chi connectivity index (χ4v) is 11.0. The minimum Gasteiger partial charge on any atom is -0.388 e. The maximum atomic E-state index is 15.8. The van der Waals surface area contributed by atoms with Gasteiger partial charge in [-0.3, -0.25) is 24.1 Å². The van der Waals surface area contributed by atoms with Crippen molar-refractivity contribution in [1.82, 2.24) is 24.5 Å². The Morgan fingerprint density at radius 2 is 0.901 bits per heavy atom. The van der Waals surface area contributed by atoms with Crippen molar-refractivity contribution >= 4 is 23.6 Å². The van der Waals surface area contributed by atoms with Crippen LogP contribution in [0.3, 0.4) is 0 Å². The van der Waals surface area contributed by atoms with E-state index in [-0.39, 0.29) is 101 Å². The Labute approximate surface area is 426 Å². The van der Waals surface area contributed by atoms with Crippen molar-refractivity contribution in [2.45, 2.75) is 204 Å². The lowest BCUT2D eigenvalue weighted by molar-refractivity contribution is 0.00459. The highest BCUT2D eigenvalue weighted by Gasteiger charge is 2.43. The summed E-state index contributed by atoms with van der Waals surface area (Å²) in [5.41, 5.74) is 5.02. The number of aliphatic hydroxyl groups is 1. The molecule has 11 heteroatoms. The maximum absolute atomic E-state index is 15.8. The summed E-state index contributed by atoms with van der Waals surface area (Å²) < 4.78 is 7.03. The SMILES string of the molecule is CC[C@H](O)c1cccc(-c2cc(C(=O)N(C(C)C)C(C)C)c(-c3cccc([C@H]4O[C@@H](c5ccccc5)[C@@H](C)N4C)c3C(=O)N(C(C)C)C(C)C)cc2C(=O)N(C(C)C)C(C)C)c1C(=O)N(C(C)C)C(C)C. The second kappa shape index (κ2) is 23.5. The molecule has 5 rings (SSSR count). The van der Waals surface area contributed by atoms with Gasteiger partial charge in [0.15, 0.2) is 0 Å². The van der Waals surface area contributed by atoms with E-state index in [2.05, 4.69) is 24.0 Å². The Balaban J connectivity index is 2.06. The Bertz CT molecular complexity index is 2480. The largest absolute Gasteiger partial charge is 0.388 e. The summed E-state index contributed by atoms with van der Waals surface area (Å²) in [6, 6.07) is 23.1. The van der Waals surface area contributed by atoms with Crippen molar-refractivity contribution in [3.05, 3.63) is 118 Å². The number of carbonyl (C=O) groups excluding carboxylic acids is 4. The monoisotopic (exact) mass is 972 g/mol. The molecule has 1 fully saturated rings. The van der Waals surface area contributed by atoms with Crippen LogP contribution in [0.5, 0.6) is 0 Å². The second-order valence-electron chi connectivity index (χ2n) is 21.7. The Morgan fingerprint density at radius 3 is 1.31 bits per heavy atom. The maximum Gasteiger partial charge on any atom is 0.255 e. The molecule has 0 aliphatic carbocycles. The van der Waals surface area contributed by atoms with Crippen LogP contribution < -0.4 is 0 Å². The molecular weight excluding hydrogens is 887 g/mol. The predicted molar refractivity (Wildman–Crippen MR) is 289 cm³/mol.